The number of aliphatic hydroxyl groups is 1. The highest BCUT2D eigenvalue weighted by Gasteiger charge is 2.12. The van der Waals surface area contributed by atoms with Gasteiger partial charge in [0, 0.05) is 18.8 Å². The fraction of sp³-hybridized carbons (Fsp3) is 0.294. The number of hydrogen-bond acceptors (Lipinski definition) is 3. The number of nitrogens with zero attached hydrogens (tertiary/aromatic N) is 1. The van der Waals surface area contributed by atoms with Gasteiger partial charge in [-0.05, 0) is 30.0 Å². The van der Waals surface area contributed by atoms with Crippen LogP contribution >= 0.6 is 0 Å². The van der Waals surface area contributed by atoms with Crippen LogP contribution in [0.15, 0.2) is 54.9 Å². The fourth-order valence-electron chi connectivity index (χ4n) is 2.16. The molecule has 0 saturated heterocycles. The van der Waals surface area contributed by atoms with Gasteiger partial charge in [0.05, 0.1) is 12.6 Å². The second-order valence-electron chi connectivity index (χ2n) is 5.00. The lowest BCUT2D eigenvalue weighted by atomic mass is 10.1. The van der Waals surface area contributed by atoms with Gasteiger partial charge in [0.25, 0.3) is 0 Å². The monoisotopic (exact) mass is 284 g/mol. The molecule has 0 aliphatic heterocycles. The van der Waals surface area contributed by atoms with E-state index in [1.165, 1.54) is 0 Å². The Hall–Kier alpha value is -2.20. The van der Waals surface area contributed by atoms with Crippen molar-refractivity contribution in [2.75, 3.05) is 6.61 Å². The Bertz CT molecular complexity index is 543. The molecule has 110 valence electrons. The fourth-order valence-corrected chi connectivity index (χ4v) is 2.16. The second kappa shape index (κ2) is 8.17. The molecule has 1 aromatic heterocycles. The van der Waals surface area contributed by atoms with Gasteiger partial charge in [-0.1, -0.05) is 36.4 Å². The average molecular weight is 284 g/mol. The lowest BCUT2D eigenvalue weighted by Gasteiger charge is -2.16. The van der Waals surface area contributed by atoms with E-state index in [-0.39, 0.29) is 18.6 Å². The lowest BCUT2D eigenvalue weighted by molar-refractivity contribution is -0.122. The molecule has 1 heterocycles. The van der Waals surface area contributed by atoms with Crippen molar-refractivity contribution in [2.24, 2.45) is 0 Å². The van der Waals surface area contributed by atoms with E-state index >= 15 is 0 Å². The van der Waals surface area contributed by atoms with E-state index in [4.69, 9.17) is 0 Å². The number of hydrogen-bond donors (Lipinski definition) is 2. The van der Waals surface area contributed by atoms with Crippen molar-refractivity contribution in [3.8, 4) is 0 Å². The highest BCUT2D eigenvalue weighted by molar-refractivity contribution is 5.76. The van der Waals surface area contributed by atoms with E-state index in [1.54, 1.807) is 12.4 Å². The first-order chi connectivity index (χ1) is 10.3. The second-order valence-corrected chi connectivity index (χ2v) is 5.00. The van der Waals surface area contributed by atoms with E-state index in [2.05, 4.69) is 10.3 Å². The van der Waals surface area contributed by atoms with Gasteiger partial charge in [-0.3, -0.25) is 9.78 Å². The first kappa shape index (κ1) is 15.2. The molecule has 1 atom stereocenters. The number of pyridine rings is 1. The third-order valence-electron chi connectivity index (χ3n) is 3.27. The predicted octanol–water partition coefficient (Wildman–Crippen LogP) is 1.73. The van der Waals surface area contributed by atoms with Crippen molar-refractivity contribution >= 4 is 5.91 Å². The zero-order valence-electron chi connectivity index (χ0n) is 11.9. The average Bonchev–Trinajstić information content (AvgIpc) is 2.54. The third kappa shape index (κ3) is 5.36. The molecule has 0 fully saturated rings. The molecule has 2 rings (SSSR count). The van der Waals surface area contributed by atoms with E-state index in [1.807, 2.05) is 42.5 Å². The number of nitrogens with one attached hydrogen (secondary N) is 1. The SMILES string of the molecule is O=C(CCc1cccnc1)N[C@@H](CO)Cc1ccccc1. The molecule has 0 radical (unpaired) electrons. The number of aromatic nitrogens is 1. The first-order valence-electron chi connectivity index (χ1n) is 7.11. The molecular formula is C17H20N2O2. The Morgan fingerprint density at radius 3 is 2.57 bits per heavy atom. The van der Waals surface area contributed by atoms with E-state index in [0.29, 0.717) is 19.3 Å². The minimum absolute atomic E-state index is 0.0474. The van der Waals surface area contributed by atoms with E-state index < -0.39 is 0 Å². The van der Waals surface area contributed by atoms with Crippen LogP contribution in [-0.2, 0) is 17.6 Å². The van der Waals surface area contributed by atoms with Crippen LogP contribution in [0, 0.1) is 0 Å². The molecule has 0 aliphatic rings. The van der Waals surface area contributed by atoms with Crippen molar-refractivity contribution < 1.29 is 9.90 Å². The van der Waals surface area contributed by atoms with Crippen LogP contribution in [0.1, 0.15) is 17.5 Å². The van der Waals surface area contributed by atoms with Gasteiger partial charge in [-0.25, -0.2) is 0 Å². The van der Waals surface area contributed by atoms with Crippen LogP contribution in [0.2, 0.25) is 0 Å². The summed E-state index contributed by atoms with van der Waals surface area (Å²) in [5, 5.41) is 12.3. The molecular weight excluding hydrogens is 264 g/mol. The van der Waals surface area contributed by atoms with Gasteiger partial charge in [0.1, 0.15) is 0 Å². The predicted molar refractivity (Wildman–Crippen MR) is 81.7 cm³/mol. The zero-order chi connectivity index (χ0) is 14.9. The zero-order valence-corrected chi connectivity index (χ0v) is 11.9. The Labute approximate surface area is 124 Å². The van der Waals surface area contributed by atoms with E-state index in [9.17, 15) is 9.90 Å². The molecule has 1 amide bonds. The lowest BCUT2D eigenvalue weighted by Crippen LogP contribution is -2.39. The van der Waals surface area contributed by atoms with Gasteiger partial charge < -0.3 is 10.4 Å². The van der Waals surface area contributed by atoms with Crippen LogP contribution in [0.3, 0.4) is 0 Å². The van der Waals surface area contributed by atoms with Crippen LogP contribution < -0.4 is 5.32 Å². The van der Waals surface area contributed by atoms with E-state index in [0.717, 1.165) is 11.1 Å². The van der Waals surface area contributed by atoms with Crippen molar-refractivity contribution in [3.63, 3.8) is 0 Å². The number of carbonyl (C=O) groups is 1. The van der Waals surface area contributed by atoms with Crippen molar-refractivity contribution in [1.29, 1.82) is 0 Å². The number of carbonyl (C=O) groups excluding carboxylic acids is 1. The maximum absolute atomic E-state index is 11.9. The summed E-state index contributed by atoms with van der Waals surface area (Å²) in [6.45, 7) is -0.0620. The summed E-state index contributed by atoms with van der Waals surface area (Å²) in [6, 6.07) is 13.4. The maximum Gasteiger partial charge on any atom is 0.220 e. The Balaban J connectivity index is 1.80. The van der Waals surface area contributed by atoms with Crippen LogP contribution in [-0.4, -0.2) is 28.6 Å². The largest absolute Gasteiger partial charge is 0.394 e. The third-order valence-corrected chi connectivity index (χ3v) is 3.27. The molecule has 2 N–H and O–H groups in total. The number of aliphatic hydroxyl groups excluding tert-OH is 1. The molecule has 0 bridgehead atoms. The van der Waals surface area contributed by atoms with Crippen molar-refractivity contribution in [3.05, 3.63) is 66.0 Å². The van der Waals surface area contributed by atoms with Gasteiger partial charge in [0.2, 0.25) is 5.91 Å². The first-order valence-corrected chi connectivity index (χ1v) is 7.11. The summed E-state index contributed by atoms with van der Waals surface area (Å²) >= 11 is 0. The van der Waals surface area contributed by atoms with Crippen LogP contribution in [0.25, 0.3) is 0 Å². The highest BCUT2D eigenvalue weighted by Crippen LogP contribution is 2.04. The molecule has 0 aliphatic carbocycles. The van der Waals surface area contributed by atoms with Gasteiger partial charge in [-0.15, -0.1) is 0 Å². The Morgan fingerprint density at radius 2 is 1.90 bits per heavy atom. The van der Waals surface area contributed by atoms with Crippen LogP contribution in [0.5, 0.6) is 0 Å². The minimum Gasteiger partial charge on any atom is -0.394 e. The number of aryl methyl sites for hydroxylation is 1. The molecule has 4 nitrogen and oxygen atoms in total. The molecule has 2 aromatic rings. The summed E-state index contributed by atoms with van der Waals surface area (Å²) in [5.41, 5.74) is 2.14. The number of amides is 1. The topological polar surface area (TPSA) is 62.2 Å². The van der Waals surface area contributed by atoms with Crippen molar-refractivity contribution in [1.82, 2.24) is 10.3 Å². The molecule has 0 saturated carbocycles. The summed E-state index contributed by atoms with van der Waals surface area (Å²) < 4.78 is 0. The minimum atomic E-state index is -0.242. The Morgan fingerprint density at radius 1 is 1.14 bits per heavy atom. The summed E-state index contributed by atoms with van der Waals surface area (Å²) in [7, 11) is 0. The van der Waals surface area contributed by atoms with Gasteiger partial charge in [-0.2, -0.15) is 0 Å². The molecule has 4 heteroatoms. The summed E-state index contributed by atoms with van der Waals surface area (Å²) in [4.78, 5) is 16.0. The summed E-state index contributed by atoms with van der Waals surface area (Å²) in [6.07, 6.45) is 5.17. The molecule has 0 spiro atoms. The van der Waals surface area contributed by atoms with Crippen molar-refractivity contribution in [2.45, 2.75) is 25.3 Å². The highest BCUT2D eigenvalue weighted by atomic mass is 16.3. The Kier molecular flexibility index (Phi) is 5.91. The standard InChI is InChI=1S/C17H20N2O2/c20-13-16(11-14-5-2-1-3-6-14)19-17(21)9-8-15-7-4-10-18-12-15/h1-7,10,12,16,20H,8-9,11,13H2,(H,19,21)/t16-/m1/s1. The quantitative estimate of drug-likeness (QED) is 0.814. The maximum atomic E-state index is 11.9. The molecule has 1 aromatic carbocycles. The van der Waals surface area contributed by atoms with Gasteiger partial charge in [0.15, 0.2) is 0 Å². The van der Waals surface area contributed by atoms with Gasteiger partial charge >= 0.3 is 0 Å². The smallest absolute Gasteiger partial charge is 0.220 e. The number of benzene rings is 1. The normalized spacial score (nSPS) is 11.9. The van der Waals surface area contributed by atoms with Crippen LogP contribution in [0.4, 0.5) is 0 Å². The summed E-state index contributed by atoms with van der Waals surface area (Å²) in [5.74, 6) is -0.0474. The molecule has 21 heavy (non-hydrogen) atoms. The molecule has 0 unspecified atom stereocenters. The number of rotatable bonds is 7.